The van der Waals surface area contributed by atoms with Crippen molar-refractivity contribution in [2.75, 3.05) is 40.3 Å². The van der Waals surface area contributed by atoms with Crippen molar-refractivity contribution in [1.29, 1.82) is 0 Å². The Hall–Kier alpha value is -1.46. The van der Waals surface area contributed by atoms with Crippen LogP contribution in [-0.2, 0) is 13.1 Å². The van der Waals surface area contributed by atoms with Gasteiger partial charge in [-0.2, -0.15) is 0 Å². The second kappa shape index (κ2) is 13.3. The van der Waals surface area contributed by atoms with Crippen LogP contribution in [0, 0.1) is 18.7 Å². The molecule has 1 aliphatic heterocycles. The van der Waals surface area contributed by atoms with Gasteiger partial charge < -0.3 is 15.0 Å². The predicted octanol–water partition coefficient (Wildman–Crippen LogP) is 4.53. The van der Waals surface area contributed by atoms with Crippen LogP contribution < -0.4 is 10.1 Å². The SMILES string of the molecule is CCNC(=NCC1CCN(Cc2csc(C)n2)CC1)N(C)Cc1ccc(OC)c(F)c1.I. The van der Waals surface area contributed by atoms with Gasteiger partial charge >= 0.3 is 0 Å². The summed E-state index contributed by atoms with van der Waals surface area (Å²) in [5.74, 6) is 1.38. The van der Waals surface area contributed by atoms with E-state index >= 15 is 0 Å². The van der Waals surface area contributed by atoms with E-state index in [0.29, 0.717) is 12.5 Å². The molecule has 1 aliphatic rings. The van der Waals surface area contributed by atoms with Crippen LogP contribution in [-0.4, -0.2) is 61.1 Å². The second-order valence-electron chi connectivity index (χ2n) is 8.10. The maximum absolute atomic E-state index is 14.0. The molecule has 0 spiro atoms. The molecule has 2 heterocycles. The highest BCUT2D eigenvalue weighted by Gasteiger charge is 2.20. The number of halogens is 2. The predicted molar refractivity (Wildman–Crippen MR) is 141 cm³/mol. The van der Waals surface area contributed by atoms with Gasteiger partial charge in [-0.3, -0.25) is 9.89 Å². The molecule has 1 saturated heterocycles. The molecule has 1 aromatic carbocycles. The van der Waals surface area contributed by atoms with Gasteiger partial charge in [-0.15, -0.1) is 35.3 Å². The fraction of sp³-hybridized carbons (Fsp3) is 0.565. The van der Waals surface area contributed by atoms with Crippen molar-refractivity contribution in [3.05, 3.63) is 45.7 Å². The number of guanidine groups is 1. The molecule has 0 unspecified atom stereocenters. The first-order valence-electron chi connectivity index (χ1n) is 10.9. The molecule has 0 amide bonds. The highest BCUT2D eigenvalue weighted by atomic mass is 127. The van der Waals surface area contributed by atoms with Crippen molar-refractivity contribution in [3.8, 4) is 5.75 Å². The smallest absolute Gasteiger partial charge is 0.193 e. The van der Waals surface area contributed by atoms with Crippen LogP contribution in [0.4, 0.5) is 4.39 Å². The summed E-state index contributed by atoms with van der Waals surface area (Å²) in [4.78, 5) is 14.0. The number of ether oxygens (including phenoxy) is 1. The monoisotopic (exact) mass is 575 g/mol. The van der Waals surface area contributed by atoms with Gasteiger partial charge in [0.05, 0.1) is 17.8 Å². The number of rotatable bonds is 8. The molecule has 0 radical (unpaired) electrons. The van der Waals surface area contributed by atoms with E-state index in [-0.39, 0.29) is 35.5 Å². The number of hydrogen-bond acceptors (Lipinski definition) is 5. The molecule has 0 atom stereocenters. The van der Waals surface area contributed by atoms with Crippen LogP contribution in [0.1, 0.15) is 36.0 Å². The summed E-state index contributed by atoms with van der Waals surface area (Å²) < 4.78 is 19.0. The third-order valence-corrected chi connectivity index (χ3v) is 6.41. The summed E-state index contributed by atoms with van der Waals surface area (Å²) in [6.45, 7) is 9.45. The Morgan fingerprint density at radius 2 is 2.12 bits per heavy atom. The molecule has 1 N–H and O–H groups in total. The van der Waals surface area contributed by atoms with Gasteiger partial charge in [0, 0.05) is 38.6 Å². The molecule has 2 aromatic rings. The standard InChI is InChI=1S/C23H34FN5OS.HI/c1-5-25-23(28(3)14-19-6-7-22(30-4)21(24)12-19)26-13-18-8-10-29(11-9-18)15-20-16-31-17(2)27-20;/h6-7,12,16,18H,5,8-11,13-15H2,1-4H3,(H,25,26);1H. The first-order valence-corrected chi connectivity index (χ1v) is 11.8. The lowest BCUT2D eigenvalue weighted by atomic mass is 9.97. The first-order chi connectivity index (χ1) is 15.0. The van der Waals surface area contributed by atoms with E-state index in [2.05, 4.69) is 34.4 Å². The molecule has 0 aliphatic carbocycles. The number of likely N-dealkylation sites (tertiary alicyclic amines) is 1. The second-order valence-corrected chi connectivity index (χ2v) is 9.16. The number of thiazole rings is 1. The number of nitrogens with one attached hydrogen (secondary N) is 1. The topological polar surface area (TPSA) is 53.0 Å². The summed E-state index contributed by atoms with van der Waals surface area (Å²) in [6, 6.07) is 5.09. The number of benzene rings is 1. The summed E-state index contributed by atoms with van der Waals surface area (Å²) in [6.07, 6.45) is 2.30. The number of hydrogen-bond donors (Lipinski definition) is 1. The van der Waals surface area contributed by atoms with Crippen molar-refractivity contribution in [2.45, 2.75) is 39.8 Å². The molecule has 1 fully saturated rings. The largest absolute Gasteiger partial charge is 0.494 e. The molecular formula is C23H35FIN5OS. The van der Waals surface area contributed by atoms with E-state index < -0.39 is 0 Å². The summed E-state index contributed by atoms with van der Waals surface area (Å²) in [5, 5.41) is 6.66. The zero-order chi connectivity index (χ0) is 22.2. The van der Waals surface area contributed by atoms with Gasteiger partial charge in [-0.25, -0.2) is 9.37 Å². The van der Waals surface area contributed by atoms with Gasteiger partial charge in [-0.05, 0) is 63.4 Å². The minimum atomic E-state index is -0.338. The molecule has 178 valence electrons. The number of aryl methyl sites for hydroxylation is 1. The highest BCUT2D eigenvalue weighted by molar-refractivity contribution is 14.0. The Labute approximate surface area is 212 Å². The zero-order valence-electron chi connectivity index (χ0n) is 19.4. The van der Waals surface area contributed by atoms with E-state index in [9.17, 15) is 4.39 Å². The quantitative estimate of drug-likeness (QED) is 0.285. The van der Waals surface area contributed by atoms with Gasteiger partial charge in [0.15, 0.2) is 17.5 Å². The van der Waals surface area contributed by atoms with Crippen LogP contribution in [0.25, 0.3) is 0 Å². The van der Waals surface area contributed by atoms with Gasteiger partial charge in [0.2, 0.25) is 0 Å². The van der Waals surface area contributed by atoms with Gasteiger partial charge in [0.25, 0.3) is 0 Å². The van der Waals surface area contributed by atoms with Crippen molar-refractivity contribution >= 4 is 41.3 Å². The molecule has 1 aromatic heterocycles. The van der Waals surface area contributed by atoms with Gasteiger partial charge in [0.1, 0.15) is 0 Å². The molecule has 9 heteroatoms. The molecular weight excluding hydrogens is 540 g/mol. The lowest BCUT2D eigenvalue weighted by Crippen LogP contribution is -2.39. The van der Waals surface area contributed by atoms with Crippen LogP contribution >= 0.6 is 35.3 Å². The normalized spacial score (nSPS) is 15.3. The average molecular weight is 576 g/mol. The van der Waals surface area contributed by atoms with Crippen molar-refractivity contribution < 1.29 is 9.13 Å². The van der Waals surface area contributed by atoms with Gasteiger partial charge in [-0.1, -0.05) is 6.07 Å². The maximum Gasteiger partial charge on any atom is 0.193 e. The zero-order valence-corrected chi connectivity index (χ0v) is 22.6. The molecule has 3 rings (SSSR count). The molecule has 0 saturated carbocycles. The number of aliphatic imine (C=N–C) groups is 1. The van der Waals surface area contributed by atoms with E-state index in [0.717, 1.165) is 62.1 Å². The van der Waals surface area contributed by atoms with Crippen LogP contribution in [0.2, 0.25) is 0 Å². The van der Waals surface area contributed by atoms with E-state index in [4.69, 9.17) is 9.73 Å². The fourth-order valence-corrected chi connectivity index (χ4v) is 4.48. The van der Waals surface area contributed by atoms with E-state index in [1.165, 1.54) is 18.9 Å². The third kappa shape index (κ3) is 7.84. The molecule has 32 heavy (non-hydrogen) atoms. The van der Waals surface area contributed by atoms with Crippen molar-refractivity contribution in [1.82, 2.24) is 20.1 Å². The Balaban J connectivity index is 0.00000363. The molecule has 0 bridgehead atoms. The van der Waals surface area contributed by atoms with Crippen molar-refractivity contribution in [3.63, 3.8) is 0 Å². The number of nitrogens with zero attached hydrogens (tertiary/aromatic N) is 4. The third-order valence-electron chi connectivity index (χ3n) is 5.59. The lowest BCUT2D eigenvalue weighted by Gasteiger charge is -2.31. The van der Waals surface area contributed by atoms with Crippen LogP contribution in [0.3, 0.4) is 0 Å². The number of piperidine rings is 1. The number of methoxy groups -OCH3 is 1. The fourth-order valence-electron chi connectivity index (χ4n) is 3.88. The lowest BCUT2D eigenvalue weighted by molar-refractivity contribution is 0.179. The molecule has 6 nitrogen and oxygen atoms in total. The Morgan fingerprint density at radius 1 is 1.38 bits per heavy atom. The minimum Gasteiger partial charge on any atom is -0.494 e. The summed E-state index contributed by atoms with van der Waals surface area (Å²) in [5.41, 5.74) is 2.07. The average Bonchev–Trinajstić information content (AvgIpc) is 3.16. The Bertz CT molecular complexity index is 870. The Kier molecular flexibility index (Phi) is 11.1. The summed E-state index contributed by atoms with van der Waals surface area (Å²) >= 11 is 1.72. The minimum absolute atomic E-state index is 0. The first kappa shape index (κ1) is 26.8. The van der Waals surface area contributed by atoms with E-state index in [1.54, 1.807) is 17.4 Å². The summed E-state index contributed by atoms with van der Waals surface area (Å²) in [7, 11) is 3.46. The van der Waals surface area contributed by atoms with Crippen LogP contribution in [0.15, 0.2) is 28.6 Å². The van der Waals surface area contributed by atoms with Crippen molar-refractivity contribution in [2.24, 2.45) is 10.9 Å². The maximum atomic E-state index is 14.0. The highest BCUT2D eigenvalue weighted by Crippen LogP contribution is 2.21. The Morgan fingerprint density at radius 3 is 2.72 bits per heavy atom. The van der Waals surface area contributed by atoms with Crippen LogP contribution in [0.5, 0.6) is 5.75 Å². The number of aromatic nitrogens is 1. The van der Waals surface area contributed by atoms with E-state index in [1.807, 2.05) is 18.0 Å².